The zero-order valence-electron chi connectivity index (χ0n) is 7.30. The summed E-state index contributed by atoms with van der Waals surface area (Å²) in [4.78, 5) is 24.1. The third-order valence-corrected chi connectivity index (χ3v) is 1.75. The van der Waals surface area contributed by atoms with Gasteiger partial charge in [0, 0.05) is 11.8 Å². The molecule has 2 N–H and O–H groups in total. The van der Waals surface area contributed by atoms with Gasteiger partial charge in [-0.3, -0.25) is 9.59 Å². The molecule has 1 aromatic heterocycles. The van der Waals surface area contributed by atoms with Crippen LogP contribution in [0.5, 0.6) is 0 Å². The smallest absolute Gasteiger partial charge is 0.274 e. The normalized spacial score (nSPS) is 12.2. The molecule has 0 fully saturated rings. The average molecular weight is 219 g/mol. The van der Waals surface area contributed by atoms with Crippen LogP contribution in [0.3, 0.4) is 0 Å². The molecule has 0 spiro atoms. The number of H-pyrrole nitrogens is 1. The van der Waals surface area contributed by atoms with E-state index in [1.807, 2.05) is 0 Å². The topological polar surface area (TPSA) is 62.0 Å². The first-order valence-corrected chi connectivity index (χ1v) is 4.22. The van der Waals surface area contributed by atoms with E-state index in [1.54, 1.807) is 6.92 Å². The summed E-state index contributed by atoms with van der Waals surface area (Å²) in [5.74, 6) is -0.960. The van der Waals surface area contributed by atoms with Crippen molar-refractivity contribution in [1.29, 1.82) is 0 Å². The summed E-state index contributed by atoms with van der Waals surface area (Å²) in [6, 6.07) is 1.43. The number of amides is 1. The average Bonchev–Trinajstić information content (AvgIpc) is 2.11. The Hall–Kier alpha value is -1.36. The third kappa shape index (κ3) is 2.56. The van der Waals surface area contributed by atoms with Crippen LogP contribution in [0.25, 0.3) is 0 Å². The van der Waals surface area contributed by atoms with Gasteiger partial charge in [0.05, 0.1) is 5.69 Å². The number of anilines is 1. The van der Waals surface area contributed by atoms with Gasteiger partial charge in [-0.2, -0.15) is 0 Å². The molecule has 1 aromatic rings. The van der Waals surface area contributed by atoms with Crippen molar-refractivity contribution in [3.63, 3.8) is 0 Å². The quantitative estimate of drug-likeness (QED) is 0.732. The van der Waals surface area contributed by atoms with Crippen LogP contribution in [0.1, 0.15) is 5.56 Å². The molecular weight excluding hydrogens is 211 g/mol. The van der Waals surface area contributed by atoms with Crippen molar-refractivity contribution in [2.75, 3.05) is 5.32 Å². The zero-order chi connectivity index (χ0) is 10.7. The maximum atomic E-state index is 12.2. The highest BCUT2D eigenvalue weighted by Gasteiger charge is 2.13. The number of aromatic nitrogens is 1. The summed E-state index contributed by atoms with van der Waals surface area (Å²) >= 11 is 4.90. The summed E-state index contributed by atoms with van der Waals surface area (Å²) in [6.07, 6.45) is 1.27. The summed E-state index contributed by atoms with van der Waals surface area (Å²) in [5, 5.41) is 2.19. The molecule has 0 saturated carbocycles. The fourth-order valence-electron chi connectivity index (χ4n) is 0.867. The second kappa shape index (κ2) is 4.23. The molecule has 1 amide bonds. The first kappa shape index (κ1) is 10.7. The molecule has 0 aromatic carbocycles. The predicted molar refractivity (Wildman–Crippen MR) is 51.2 cm³/mol. The molecule has 6 heteroatoms. The molecular formula is C8H8ClFN2O2. The Kier molecular flexibility index (Phi) is 3.24. The van der Waals surface area contributed by atoms with Crippen molar-refractivity contribution in [2.24, 2.45) is 0 Å². The van der Waals surface area contributed by atoms with E-state index in [0.717, 1.165) is 0 Å². The van der Waals surface area contributed by atoms with Gasteiger partial charge in [0.25, 0.3) is 17.1 Å². The van der Waals surface area contributed by atoms with E-state index in [2.05, 4.69) is 10.3 Å². The van der Waals surface area contributed by atoms with Gasteiger partial charge in [-0.05, 0) is 13.0 Å². The van der Waals surface area contributed by atoms with Gasteiger partial charge in [0.2, 0.25) is 0 Å². The van der Waals surface area contributed by atoms with E-state index in [0.29, 0.717) is 11.3 Å². The fourth-order valence-corrected chi connectivity index (χ4v) is 0.921. The maximum Gasteiger partial charge on any atom is 0.274 e. The van der Waals surface area contributed by atoms with Crippen molar-refractivity contribution in [3.05, 3.63) is 28.2 Å². The van der Waals surface area contributed by atoms with Crippen molar-refractivity contribution in [1.82, 2.24) is 4.98 Å². The number of hydrogen-bond donors (Lipinski definition) is 2. The molecule has 0 bridgehead atoms. The van der Waals surface area contributed by atoms with Crippen LogP contribution in [0, 0.1) is 6.92 Å². The summed E-state index contributed by atoms with van der Waals surface area (Å²) in [5.41, 5.74) is -1.63. The largest absolute Gasteiger partial charge is 0.327 e. The molecule has 14 heavy (non-hydrogen) atoms. The highest BCUT2D eigenvalue weighted by Crippen LogP contribution is 2.07. The first-order valence-electron chi connectivity index (χ1n) is 3.79. The fraction of sp³-hybridized carbons (Fsp3) is 0.250. The molecule has 1 atom stereocenters. The molecule has 0 radical (unpaired) electrons. The van der Waals surface area contributed by atoms with E-state index < -0.39 is 11.5 Å². The van der Waals surface area contributed by atoms with Gasteiger partial charge >= 0.3 is 0 Å². The molecule has 1 heterocycles. The number of aryl methyl sites for hydroxylation is 1. The summed E-state index contributed by atoms with van der Waals surface area (Å²) < 4.78 is 12.2. The highest BCUT2D eigenvalue weighted by molar-refractivity contribution is 6.31. The van der Waals surface area contributed by atoms with Gasteiger partial charge in [-0.15, -0.1) is 0 Å². The van der Waals surface area contributed by atoms with E-state index in [4.69, 9.17) is 11.6 Å². The monoisotopic (exact) mass is 218 g/mol. The van der Waals surface area contributed by atoms with Crippen LogP contribution in [0.4, 0.5) is 10.1 Å². The molecule has 4 nitrogen and oxygen atoms in total. The lowest BCUT2D eigenvalue weighted by Crippen LogP contribution is -2.20. The van der Waals surface area contributed by atoms with Gasteiger partial charge in [-0.1, -0.05) is 11.6 Å². The van der Waals surface area contributed by atoms with Crippen molar-refractivity contribution >= 4 is 23.2 Å². The van der Waals surface area contributed by atoms with Crippen molar-refractivity contribution in [3.8, 4) is 0 Å². The Morgan fingerprint density at radius 2 is 2.36 bits per heavy atom. The lowest BCUT2D eigenvalue weighted by atomic mass is 10.3. The molecule has 1 rings (SSSR count). The van der Waals surface area contributed by atoms with Crippen LogP contribution >= 0.6 is 11.6 Å². The van der Waals surface area contributed by atoms with Crippen LogP contribution in [-0.2, 0) is 4.79 Å². The van der Waals surface area contributed by atoms with E-state index in [9.17, 15) is 14.0 Å². The Bertz CT molecular complexity index is 403. The molecule has 0 aliphatic carbocycles. The minimum absolute atomic E-state index is 0.259. The summed E-state index contributed by atoms with van der Waals surface area (Å²) in [6.45, 7) is 1.57. The zero-order valence-corrected chi connectivity index (χ0v) is 8.06. The van der Waals surface area contributed by atoms with Crippen molar-refractivity contribution in [2.45, 2.75) is 12.6 Å². The first-order chi connectivity index (χ1) is 6.50. The number of hydrogen-bond acceptors (Lipinski definition) is 2. The minimum atomic E-state index is -2.10. The van der Waals surface area contributed by atoms with Gasteiger partial charge in [0.15, 0.2) is 0 Å². The van der Waals surface area contributed by atoms with Gasteiger partial charge in [-0.25, -0.2) is 4.39 Å². The number of alkyl halides is 2. The Morgan fingerprint density at radius 1 is 1.71 bits per heavy atom. The number of rotatable bonds is 2. The number of carbonyl (C=O) groups excluding carboxylic acids is 1. The maximum absolute atomic E-state index is 12.2. The molecule has 0 aliphatic rings. The number of halogens is 2. The Morgan fingerprint density at radius 3 is 2.86 bits per heavy atom. The molecule has 0 saturated heterocycles. The van der Waals surface area contributed by atoms with Gasteiger partial charge < -0.3 is 10.3 Å². The number of aromatic amines is 1. The van der Waals surface area contributed by atoms with Crippen molar-refractivity contribution < 1.29 is 9.18 Å². The minimum Gasteiger partial charge on any atom is -0.327 e. The SMILES string of the molecule is Cc1cc(NC(=O)C(F)Cl)c[nH]c1=O. The van der Waals surface area contributed by atoms with Crippen LogP contribution in [0.2, 0.25) is 0 Å². The molecule has 76 valence electrons. The van der Waals surface area contributed by atoms with E-state index in [1.165, 1.54) is 12.3 Å². The van der Waals surface area contributed by atoms with Crippen LogP contribution in [-0.4, -0.2) is 16.5 Å². The number of carbonyl (C=O) groups is 1. The summed E-state index contributed by atoms with van der Waals surface area (Å²) in [7, 11) is 0. The second-order valence-electron chi connectivity index (χ2n) is 2.69. The lowest BCUT2D eigenvalue weighted by Gasteiger charge is -2.04. The number of pyridine rings is 1. The third-order valence-electron chi connectivity index (χ3n) is 1.55. The van der Waals surface area contributed by atoms with Gasteiger partial charge in [0.1, 0.15) is 0 Å². The van der Waals surface area contributed by atoms with Crippen LogP contribution in [0.15, 0.2) is 17.1 Å². The van der Waals surface area contributed by atoms with E-state index >= 15 is 0 Å². The molecule has 0 aliphatic heterocycles. The Balaban J connectivity index is 2.83. The standard InChI is InChI=1S/C8H8ClFN2O2/c1-4-2-5(3-11-7(4)13)12-8(14)6(9)10/h2-3,6H,1H3,(H,11,13)(H,12,14). The van der Waals surface area contributed by atoms with E-state index in [-0.39, 0.29) is 5.56 Å². The van der Waals surface area contributed by atoms with Crippen LogP contribution < -0.4 is 10.9 Å². The predicted octanol–water partition coefficient (Wildman–Crippen LogP) is 1.16. The Labute approximate surface area is 84.1 Å². The number of nitrogens with one attached hydrogen (secondary N) is 2. The lowest BCUT2D eigenvalue weighted by molar-refractivity contribution is -0.118. The highest BCUT2D eigenvalue weighted by atomic mass is 35.5. The second-order valence-corrected chi connectivity index (χ2v) is 3.07. The molecule has 1 unspecified atom stereocenters.